The molecule has 0 aliphatic heterocycles. The molecule has 0 saturated carbocycles. The lowest BCUT2D eigenvalue weighted by Crippen LogP contribution is -2.05. The van der Waals surface area contributed by atoms with E-state index in [0.29, 0.717) is 11.1 Å². The molecule has 2 aromatic carbocycles. The Bertz CT molecular complexity index is 1560. The quantitative estimate of drug-likeness (QED) is 0.388. The summed E-state index contributed by atoms with van der Waals surface area (Å²) in [7, 11) is 0. The molecule has 0 saturated heterocycles. The average molecular weight is 480 g/mol. The van der Waals surface area contributed by atoms with Crippen molar-refractivity contribution in [3.05, 3.63) is 83.8 Å². The summed E-state index contributed by atoms with van der Waals surface area (Å²) in [5.41, 5.74) is 1.94. The molecule has 2 N–H and O–H groups in total. The van der Waals surface area contributed by atoms with Crippen molar-refractivity contribution in [1.29, 1.82) is 0 Å². The molecule has 0 aliphatic rings. The number of nitrogens with zero attached hydrogens (tertiary/aromatic N) is 6. The van der Waals surface area contributed by atoms with Gasteiger partial charge in [-0.2, -0.15) is 28.4 Å². The van der Waals surface area contributed by atoms with Crippen molar-refractivity contribution < 1.29 is 28.2 Å². The first kappa shape index (κ1) is 22.1. The summed E-state index contributed by atoms with van der Waals surface area (Å²) in [5.74, 6) is -1.55. The molecule has 0 spiro atoms. The van der Waals surface area contributed by atoms with Crippen LogP contribution < -0.4 is 0 Å². The Morgan fingerprint density at radius 2 is 1.74 bits per heavy atom. The largest absolute Gasteiger partial charge is 0.492 e. The number of alkyl halides is 3. The van der Waals surface area contributed by atoms with Gasteiger partial charge in [0.2, 0.25) is 5.88 Å². The number of halogens is 3. The van der Waals surface area contributed by atoms with E-state index in [2.05, 4.69) is 20.2 Å². The van der Waals surface area contributed by atoms with Crippen LogP contribution in [0, 0.1) is 0 Å². The molecule has 0 fully saturated rings. The van der Waals surface area contributed by atoms with E-state index in [0.717, 1.165) is 34.1 Å². The van der Waals surface area contributed by atoms with Gasteiger partial charge in [-0.15, -0.1) is 0 Å². The van der Waals surface area contributed by atoms with Gasteiger partial charge in [-0.1, -0.05) is 30.3 Å². The predicted octanol–water partition coefficient (Wildman–Crippen LogP) is 4.15. The zero-order valence-electron chi connectivity index (χ0n) is 17.7. The summed E-state index contributed by atoms with van der Waals surface area (Å²) in [6.07, 6.45) is -0.608. The highest BCUT2D eigenvalue weighted by atomic mass is 19.4. The standard InChI is InChI=1S/C23H15F3N6O3/c24-23(25,26)17-6-4-14(5-7-17)15-3-1-2-13(8-15)11-31-19-18(10-28-31)29-22(30-20(19)33)32-12-16(9-27-32)21(34)35/h1-10,12H,11H2,(H,34,35)(H,29,30,33). The van der Waals surface area contributed by atoms with Crippen LogP contribution in [0.25, 0.3) is 28.1 Å². The molecule has 5 aromatic rings. The Kier molecular flexibility index (Phi) is 5.20. The summed E-state index contributed by atoms with van der Waals surface area (Å²) >= 11 is 0. The normalized spacial score (nSPS) is 11.7. The number of aromatic carboxylic acids is 1. The number of carboxylic acids is 1. The minimum absolute atomic E-state index is 0.0219. The molecular weight excluding hydrogens is 465 g/mol. The third kappa shape index (κ3) is 4.28. The van der Waals surface area contributed by atoms with Crippen LogP contribution in [0.15, 0.2) is 67.1 Å². The lowest BCUT2D eigenvalue weighted by Gasteiger charge is -2.10. The van der Waals surface area contributed by atoms with Crippen molar-refractivity contribution in [1.82, 2.24) is 29.5 Å². The second kappa shape index (κ2) is 8.24. The van der Waals surface area contributed by atoms with Gasteiger partial charge < -0.3 is 10.2 Å². The molecule has 0 atom stereocenters. The summed E-state index contributed by atoms with van der Waals surface area (Å²) in [6.45, 7) is 0.235. The van der Waals surface area contributed by atoms with E-state index in [1.54, 1.807) is 12.1 Å². The third-order valence-electron chi connectivity index (χ3n) is 5.30. The summed E-state index contributed by atoms with van der Waals surface area (Å²) in [4.78, 5) is 19.4. The van der Waals surface area contributed by atoms with Gasteiger partial charge in [0.1, 0.15) is 11.0 Å². The predicted molar refractivity (Wildman–Crippen MR) is 117 cm³/mol. The van der Waals surface area contributed by atoms with Crippen molar-refractivity contribution in [2.24, 2.45) is 0 Å². The van der Waals surface area contributed by atoms with Crippen LogP contribution in [0.4, 0.5) is 13.2 Å². The lowest BCUT2D eigenvalue weighted by atomic mass is 10.0. The molecule has 176 valence electrons. The van der Waals surface area contributed by atoms with E-state index in [1.807, 2.05) is 12.1 Å². The van der Waals surface area contributed by atoms with Crippen molar-refractivity contribution >= 4 is 17.0 Å². The van der Waals surface area contributed by atoms with Crippen molar-refractivity contribution in [3.8, 4) is 23.0 Å². The van der Waals surface area contributed by atoms with E-state index in [9.17, 15) is 23.1 Å². The van der Waals surface area contributed by atoms with E-state index in [-0.39, 0.29) is 29.5 Å². The second-order valence-electron chi connectivity index (χ2n) is 7.64. The SMILES string of the molecule is O=C(O)c1cnn(-c2nc(O)c3c(cnn3Cc3cccc(-c4ccc(C(F)(F)F)cc4)c3)n2)c1. The second-order valence-corrected chi connectivity index (χ2v) is 7.64. The fourth-order valence-electron chi connectivity index (χ4n) is 3.61. The number of carboxylic acid groups (broad SMARTS) is 1. The molecule has 0 aliphatic carbocycles. The van der Waals surface area contributed by atoms with Gasteiger partial charge in [-0.25, -0.2) is 14.5 Å². The van der Waals surface area contributed by atoms with Crippen LogP contribution in [-0.2, 0) is 12.7 Å². The van der Waals surface area contributed by atoms with E-state index >= 15 is 0 Å². The number of fused-ring (bicyclic) bond motifs is 1. The minimum Gasteiger partial charge on any atom is -0.492 e. The van der Waals surface area contributed by atoms with Crippen LogP contribution in [-0.4, -0.2) is 45.7 Å². The Labute approximate surface area is 194 Å². The van der Waals surface area contributed by atoms with Crippen LogP contribution in [0.2, 0.25) is 0 Å². The molecule has 0 bridgehead atoms. The van der Waals surface area contributed by atoms with Gasteiger partial charge in [0, 0.05) is 6.20 Å². The molecule has 3 heterocycles. The topological polar surface area (TPSA) is 119 Å². The zero-order chi connectivity index (χ0) is 24.7. The van der Waals surface area contributed by atoms with Crippen LogP contribution in [0.1, 0.15) is 21.5 Å². The van der Waals surface area contributed by atoms with Gasteiger partial charge >= 0.3 is 12.1 Å². The maximum atomic E-state index is 12.8. The van der Waals surface area contributed by atoms with E-state index in [1.165, 1.54) is 29.2 Å². The summed E-state index contributed by atoms with van der Waals surface area (Å²) in [6, 6.07) is 12.1. The number of aromatic nitrogens is 6. The molecule has 0 unspecified atom stereocenters. The molecule has 0 radical (unpaired) electrons. The summed E-state index contributed by atoms with van der Waals surface area (Å²) < 4.78 is 41.2. The molecule has 0 amide bonds. The van der Waals surface area contributed by atoms with Gasteiger partial charge in [0.25, 0.3) is 5.95 Å². The van der Waals surface area contributed by atoms with Crippen molar-refractivity contribution in [3.63, 3.8) is 0 Å². The third-order valence-corrected chi connectivity index (χ3v) is 5.30. The minimum atomic E-state index is -4.40. The van der Waals surface area contributed by atoms with E-state index in [4.69, 9.17) is 5.11 Å². The highest BCUT2D eigenvalue weighted by molar-refractivity contribution is 5.87. The Balaban J connectivity index is 1.43. The highest BCUT2D eigenvalue weighted by Crippen LogP contribution is 2.31. The highest BCUT2D eigenvalue weighted by Gasteiger charge is 2.30. The van der Waals surface area contributed by atoms with Gasteiger partial charge in [-0.3, -0.25) is 4.68 Å². The number of benzene rings is 2. The van der Waals surface area contributed by atoms with Crippen LogP contribution >= 0.6 is 0 Å². The number of hydrogen-bond acceptors (Lipinski definition) is 6. The average Bonchev–Trinajstić information content (AvgIpc) is 3.47. The van der Waals surface area contributed by atoms with Gasteiger partial charge in [0.05, 0.1) is 30.1 Å². The van der Waals surface area contributed by atoms with Gasteiger partial charge in [0.15, 0.2) is 0 Å². The molecule has 9 nitrogen and oxygen atoms in total. The summed E-state index contributed by atoms with van der Waals surface area (Å²) in [5, 5.41) is 27.8. The maximum Gasteiger partial charge on any atom is 0.416 e. The first-order valence-electron chi connectivity index (χ1n) is 10.2. The number of carbonyl (C=O) groups is 1. The van der Waals surface area contributed by atoms with Crippen LogP contribution in [0.3, 0.4) is 0 Å². The van der Waals surface area contributed by atoms with E-state index < -0.39 is 17.7 Å². The van der Waals surface area contributed by atoms with Crippen molar-refractivity contribution in [2.75, 3.05) is 0 Å². The first-order valence-corrected chi connectivity index (χ1v) is 10.2. The molecule has 3 aromatic heterocycles. The first-order chi connectivity index (χ1) is 16.7. The fourth-order valence-corrected chi connectivity index (χ4v) is 3.61. The lowest BCUT2D eigenvalue weighted by molar-refractivity contribution is -0.137. The fraction of sp³-hybridized carbons (Fsp3) is 0.0870. The maximum absolute atomic E-state index is 12.8. The Morgan fingerprint density at radius 3 is 2.43 bits per heavy atom. The smallest absolute Gasteiger partial charge is 0.416 e. The van der Waals surface area contributed by atoms with Gasteiger partial charge in [-0.05, 0) is 34.9 Å². The molecular formula is C23H15F3N6O3. The Morgan fingerprint density at radius 1 is 0.971 bits per heavy atom. The monoisotopic (exact) mass is 480 g/mol. The van der Waals surface area contributed by atoms with Crippen LogP contribution in [0.5, 0.6) is 5.88 Å². The zero-order valence-corrected chi connectivity index (χ0v) is 17.7. The number of rotatable bonds is 5. The molecule has 35 heavy (non-hydrogen) atoms. The van der Waals surface area contributed by atoms with Crippen molar-refractivity contribution in [2.45, 2.75) is 12.7 Å². The molecule has 12 heteroatoms. The Hall–Kier alpha value is -4.74. The number of aromatic hydroxyl groups is 1. The number of hydrogen-bond donors (Lipinski definition) is 2. The molecule has 5 rings (SSSR count).